The average molecular weight is 266 g/mol. The maximum absolute atomic E-state index is 11.5. The van der Waals surface area contributed by atoms with Gasteiger partial charge in [0.15, 0.2) is 0 Å². The summed E-state index contributed by atoms with van der Waals surface area (Å²) in [5, 5.41) is 0. The minimum Gasteiger partial charge on any atom is -0.462 e. The molecule has 1 saturated heterocycles. The Balaban J connectivity index is 1.81. The Bertz CT molecular complexity index is 250. The molecular formula is C17H30O2. The van der Waals surface area contributed by atoms with E-state index in [1.807, 2.05) is 0 Å². The molecule has 19 heavy (non-hydrogen) atoms. The minimum atomic E-state index is 0.0439. The first-order chi connectivity index (χ1) is 9.36. The molecule has 0 N–H and O–H groups in total. The second kappa shape index (κ2) is 8.60. The van der Waals surface area contributed by atoms with Crippen LogP contribution < -0.4 is 0 Å². The summed E-state index contributed by atoms with van der Waals surface area (Å²) >= 11 is 0. The number of esters is 1. The van der Waals surface area contributed by atoms with Gasteiger partial charge in [-0.2, -0.15) is 0 Å². The van der Waals surface area contributed by atoms with Crippen molar-refractivity contribution in [2.24, 2.45) is 5.92 Å². The van der Waals surface area contributed by atoms with Crippen LogP contribution in [0.25, 0.3) is 0 Å². The van der Waals surface area contributed by atoms with E-state index in [1.54, 1.807) is 0 Å². The van der Waals surface area contributed by atoms with E-state index in [2.05, 4.69) is 0 Å². The summed E-state index contributed by atoms with van der Waals surface area (Å²) in [5.41, 5.74) is 0. The second-order valence-corrected chi connectivity index (χ2v) is 6.44. The highest BCUT2D eigenvalue weighted by atomic mass is 16.5. The van der Waals surface area contributed by atoms with Crippen LogP contribution in [-0.4, -0.2) is 12.1 Å². The first-order valence-electron chi connectivity index (χ1n) is 8.56. The highest BCUT2D eigenvalue weighted by molar-refractivity contribution is 5.70. The Kier molecular flexibility index (Phi) is 6.73. The zero-order valence-electron chi connectivity index (χ0n) is 12.4. The first-order valence-corrected chi connectivity index (χ1v) is 8.56. The molecule has 1 unspecified atom stereocenters. The topological polar surface area (TPSA) is 26.3 Å². The minimum absolute atomic E-state index is 0.0439. The lowest BCUT2D eigenvalue weighted by Crippen LogP contribution is -2.31. The van der Waals surface area contributed by atoms with Gasteiger partial charge in [0.05, 0.1) is 0 Å². The van der Waals surface area contributed by atoms with Gasteiger partial charge in [-0.3, -0.25) is 4.79 Å². The normalized spacial score (nSPS) is 29.1. The van der Waals surface area contributed by atoms with E-state index in [0.717, 1.165) is 12.8 Å². The first kappa shape index (κ1) is 14.9. The number of hydrogen-bond acceptors (Lipinski definition) is 2. The van der Waals surface area contributed by atoms with Gasteiger partial charge in [-0.1, -0.05) is 57.8 Å². The molecule has 2 aliphatic rings. The van der Waals surface area contributed by atoms with E-state index in [-0.39, 0.29) is 12.1 Å². The van der Waals surface area contributed by atoms with Crippen LogP contribution in [0, 0.1) is 5.92 Å². The van der Waals surface area contributed by atoms with Crippen LogP contribution in [-0.2, 0) is 9.53 Å². The number of rotatable bonds is 1. The quantitative estimate of drug-likeness (QED) is 0.624. The average Bonchev–Trinajstić information content (AvgIpc) is 2.39. The molecule has 110 valence electrons. The van der Waals surface area contributed by atoms with Crippen molar-refractivity contribution in [3.8, 4) is 0 Å². The molecule has 0 amide bonds. The Morgan fingerprint density at radius 2 is 1.21 bits per heavy atom. The number of cyclic esters (lactones) is 1. The fourth-order valence-corrected chi connectivity index (χ4v) is 3.63. The Morgan fingerprint density at radius 3 is 1.74 bits per heavy atom. The van der Waals surface area contributed by atoms with Gasteiger partial charge >= 0.3 is 5.97 Å². The zero-order chi connectivity index (χ0) is 13.3. The molecular weight excluding hydrogens is 236 g/mol. The maximum atomic E-state index is 11.5. The molecule has 1 atom stereocenters. The summed E-state index contributed by atoms with van der Waals surface area (Å²) in [7, 11) is 0. The van der Waals surface area contributed by atoms with E-state index < -0.39 is 0 Å². The van der Waals surface area contributed by atoms with Crippen LogP contribution in [0.4, 0.5) is 0 Å². The van der Waals surface area contributed by atoms with Gasteiger partial charge in [0.2, 0.25) is 0 Å². The van der Waals surface area contributed by atoms with Gasteiger partial charge in [0, 0.05) is 6.42 Å². The molecule has 2 heteroatoms. The van der Waals surface area contributed by atoms with E-state index in [0.29, 0.717) is 12.3 Å². The molecule has 2 fully saturated rings. The van der Waals surface area contributed by atoms with Crippen molar-refractivity contribution in [1.82, 2.24) is 0 Å². The lowest BCUT2D eigenvalue weighted by atomic mass is 9.86. The standard InChI is InChI=1S/C17H30O2/c18-17-14-10-13-16(19-17)15-11-8-6-4-2-1-3-5-7-9-12-15/h15-16H,1-14H2. The van der Waals surface area contributed by atoms with Crippen LogP contribution in [0.1, 0.15) is 89.9 Å². The third-order valence-electron chi connectivity index (χ3n) is 4.83. The van der Waals surface area contributed by atoms with Crippen LogP contribution in [0.3, 0.4) is 0 Å². The SMILES string of the molecule is O=C1CCCC(C2CCCCCCCCCCC2)O1. The van der Waals surface area contributed by atoms with E-state index >= 15 is 0 Å². The van der Waals surface area contributed by atoms with Crippen LogP contribution in [0.15, 0.2) is 0 Å². The van der Waals surface area contributed by atoms with Crippen molar-refractivity contribution in [3.05, 3.63) is 0 Å². The summed E-state index contributed by atoms with van der Waals surface area (Å²) < 4.78 is 5.61. The van der Waals surface area contributed by atoms with Crippen molar-refractivity contribution in [2.45, 2.75) is 96.0 Å². The molecule has 0 spiro atoms. The van der Waals surface area contributed by atoms with Gasteiger partial charge in [-0.05, 0) is 31.6 Å². The fraction of sp³-hybridized carbons (Fsp3) is 0.941. The third-order valence-corrected chi connectivity index (χ3v) is 4.83. The maximum Gasteiger partial charge on any atom is 0.306 e. The van der Waals surface area contributed by atoms with Gasteiger partial charge in [0.1, 0.15) is 6.10 Å². The van der Waals surface area contributed by atoms with Crippen LogP contribution >= 0.6 is 0 Å². The van der Waals surface area contributed by atoms with Crippen molar-refractivity contribution in [1.29, 1.82) is 0 Å². The Labute approximate surface area is 118 Å². The van der Waals surface area contributed by atoms with E-state index in [1.165, 1.54) is 70.6 Å². The highest BCUT2D eigenvalue weighted by Crippen LogP contribution is 2.30. The third kappa shape index (κ3) is 5.54. The highest BCUT2D eigenvalue weighted by Gasteiger charge is 2.27. The summed E-state index contributed by atoms with van der Waals surface area (Å²) in [4.78, 5) is 11.5. The number of carbonyl (C=O) groups excluding carboxylic acids is 1. The van der Waals surface area contributed by atoms with E-state index in [9.17, 15) is 4.79 Å². The monoisotopic (exact) mass is 266 g/mol. The lowest BCUT2D eigenvalue weighted by Gasteiger charge is -2.30. The van der Waals surface area contributed by atoms with Crippen LogP contribution in [0.2, 0.25) is 0 Å². The van der Waals surface area contributed by atoms with Gasteiger partial charge in [0.25, 0.3) is 0 Å². The van der Waals surface area contributed by atoms with Gasteiger partial charge < -0.3 is 4.74 Å². The predicted molar refractivity (Wildman–Crippen MR) is 78.0 cm³/mol. The van der Waals surface area contributed by atoms with Crippen LogP contribution in [0.5, 0.6) is 0 Å². The predicted octanol–water partition coefficient (Wildman–Crippen LogP) is 5.00. The second-order valence-electron chi connectivity index (χ2n) is 6.44. The molecule has 0 aromatic rings. The molecule has 1 aliphatic heterocycles. The number of carbonyl (C=O) groups is 1. The fourth-order valence-electron chi connectivity index (χ4n) is 3.63. The van der Waals surface area contributed by atoms with E-state index in [4.69, 9.17) is 4.74 Å². The van der Waals surface area contributed by atoms with Crippen molar-refractivity contribution in [3.63, 3.8) is 0 Å². The molecule has 0 bridgehead atoms. The molecule has 1 heterocycles. The summed E-state index contributed by atoms with van der Waals surface area (Å²) in [6.45, 7) is 0. The molecule has 1 aliphatic carbocycles. The Hall–Kier alpha value is -0.530. The number of hydrogen-bond donors (Lipinski definition) is 0. The molecule has 0 aromatic carbocycles. The summed E-state index contributed by atoms with van der Waals surface area (Å²) in [6, 6.07) is 0. The smallest absolute Gasteiger partial charge is 0.306 e. The van der Waals surface area contributed by atoms with Crippen molar-refractivity contribution < 1.29 is 9.53 Å². The molecule has 2 rings (SSSR count). The summed E-state index contributed by atoms with van der Waals surface area (Å²) in [5.74, 6) is 0.686. The van der Waals surface area contributed by atoms with Crippen molar-refractivity contribution >= 4 is 5.97 Å². The zero-order valence-corrected chi connectivity index (χ0v) is 12.4. The molecule has 1 saturated carbocycles. The summed E-state index contributed by atoms with van der Waals surface area (Å²) in [6.07, 6.45) is 18.1. The molecule has 0 radical (unpaired) electrons. The number of ether oxygens (including phenoxy) is 1. The van der Waals surface area contributed by atoms with Crippen molar-refractivity contribution in [2.75, 3.05) is 0 Å². The Morgan fingerprint density at radius 1 is 0.684 bits per heavy atom. The largest absolute Gasteiger partial charge is 0.462 e. The molecule has 0 aromatic heterocycles. The van der Waals surface area contributed by atoms with Gasteiger partial charge in [-0.25, -0.2) is 0 Å². The lowest BCUT2D eigenvalue weighted by molar-refractivity contribution is -0.157. The van der Waals surface area contributed by atoms with Gasteiger partial charge in [-0.15, -0.1) is 0 Å². The molecule has 2 nitrogen and oxygen atoms in total.